The summed E-state index contributed by atoms with van der Waals surface area (Å²) in [5.74, 6) is 7.03. The first kappa shape index (κ1) is 34.5. The van der Waals surface area contributed by atoms with Crippen LogP contribution in [0.3, 0.4) is 0 Å². The molecule has 4 aliphatic heterocycles. The average Bonchev–Trinajstić information content (AvgIpc) is 3.51. The summed E-state index contributed by atoms with van der Waals surface area (Å²) >= 11 is 0. The number of nitrogens with zero attached hydrogens (tertiary/aromatic N) is 3. The zero-order valence-electron chi connectivity index (χ0n) is 29.8. The van der Waals surface area contributed by atoms with Crippen LogP contribution in [0.1, 0.15) is 82.1 Å². The molecular weight excluding hydrogens is 665 g/mol. The minimum Gasteiger partial charge on any atom is -0.508 e. The first-order chi connectivity index (χ1) is 25.9. The van der Waals surface area contributed by atoms with Gasteiger partial charge in [0.1, 0.15) is 17.5 Å². The van der Waals surface area contributed by atoms with Gasteiger partial charge in [-0.25, -0.2) is 0 Å². The second-order valence-electron chi connectivity index (χ2n) is 14.5. The summed E-state index contributed by atoms with van der Waals surface area (Å²) in [5, 5.41) is 12.5. The highest BCUT2D eigenvalue weighted by atomic mass is 16.5. The van der Waals surface area contributed by atoms with Crippen LogP contribution in [0.2, 0.25) is 0 Å². The van der Waals surface area contributed by atoms with E-state index in [1.165, 1.54) is 16.8 Å². The molecule has 9 heteroatoms. The Morgan fingerprint density at radius 3 is 2.45 bits per heavy atom. The number of benzene rings is 4. The molecule has 0 aliphatic carbocycles. The van der Waals surface area contributed by atoms with E-state index >= 15 is 0 Å². The predicted octanol–water partition coefficient (Wildman–Crippen LogP) is 5.81. The molecular formula is C44H44N4O5. The number of piperazine rings is 1. The number of ether oxygens (including phenoxy) is 1. The molecule has 0 bridgehead atoms. The minimum absolute atomic E-state index is 0.134. The topological polar surface area (TPSA) is 102 Å². The number of phenolic OH excluding ortho intramolecular Hbond substituents is 1. The van der Waals surface area contributed by atoms with Crippen LogP contribution in [0.4, 0.5) is 5.69 Å². The number of fused-ring (bicyclic) bond motifs is 2. The van der Waals surface area contributed by atoms with Gasteiger partial charge in [0, 0.05) is 85.8 Å². The number of piperidine rings is 1. The zero-order valence-corrected chi connectivity index (χ0v) is 29.8. The van der Waals surface area contributed by atoms with Crippen molar-refractivity contribution >= 4 is 23.4 Å². The van der Waals surface area contributed by atoms with Gasteiger partial charge in [-0.1, -0.05) is 60.4 Å². The maximum atomic E-state index is 13.0. The monoisotopic (exact) mass is 708 g/mol. The maximum Gasteiger partial charge on any atom is 0.255 e. The van der Waals surface area contributed by atoms with E-state index in [-0.39, 0.29) is 35.8 Å². The van der Waals surface area contributed by atoms with E-state index in [2.05, 4.69) is 75.5 Å². The third-order valence-electron chi connectivity index (χ3n) is 11.2. The fourth-order valence-corrected chi connectivity index (χ4v) is 8.29. The van der Waals surface area contributed by atoms with Gasteiger partial charge in [0.05, 0.1) is 6.61 Å². The van der Waals surface area contributed by atoms with Gasteiger partial charge in [-0.2, -0.15) is 0 Å². The Morgan fingerprint density at radius 2 is 1.66 bits per heavy atom. The Balaban J connectivity index is 0.805. The van der Waals surface area contributed by atoms with E-state index in [1.54, 1.807) is 23.1 Å². The maximum absolute atomic E-state index is 13.0. The highest BCUT2D eigenvalue weighted by molar-refractivity contribution is 6.05. The molecule has 53 heavy (non-hydrogen) atoms. The smallest absolute Gasteiger partial charge is 0.255 e. The Labute approximate surface area is 310 Å². The van der Waals surface area contributed by atoms with E-state index in [4.69, 9.17) is 4.74 Å². The second kappa shape index (κ2) is 15.2. The van der Waals surface area contributed by atoms with E-state index in [0.29, 0.717) is 25.1 Å². The van der Waals surface area contributed by atoms with E-state index < -0.39 is 11.9 Å². The van der Waals surface area contributed by atoms with Gasteiger partial charge < -0.3 is 19.6 Å². The van der Waals surface area contributed by atoms with Crippen molar-refractivity contribution in [2.45, 2.75) is 56.5 Å². The number of rotatable bonds is 8. The summed E-state index contributed by atoms with van der Waals surface area (Å²) in [6.45, 7) is 6.04. The number of hydrogen-bond acceptors (Lipinski definition) is 7. The molecule has 0 saturated carbocycles. The molecule has 0 aromatic heterocycles. The summed E-state index contributed by atoms with van der Waals surface area (Å²) in [5.41, 5.74) is 7.22. The van der Waals surface area contributed by atoms with Crippen molar-refractivity contribution in [2.24, 2.45) is 0 Å². The lowest BCUT2D eigenvalue weighted by atomic mass is 9.76. The van der Waals surface area contributed by atoms with Crippen molar-refractivity contribution < 1.29 is 24.2 Å². The fourth-order valence-electron chi connectivity index (χ4n) is 8.29. The molecule has 3 amide bonds. The molecule has 9 nitrogen and oxygen atoms in total. The van der Waals surface area contributed by atoms with Crippen LogP contribution in [0.5, 0.6) is 11.5 Å². The van der Waals surface area contributed by atoms with Crippen molar-refractivity contribution in [3.63, 3.8) is 0 Å². The van der Waals surface area contributed by atoms with E-state index in [1.807, 2.05) is 24.3 Å². The minimum atomic E-state index is -0.606. The molecule has 2 saturated heterocycles. The van der Waals surface area contributed by atoms with Crippen LogP contribution in [0, 0.1) is 11.8 Å². The molecule has 2 N–H and O–H groups in total. The highest BCUT2D eigenvalue weighted by Gasteiger charge is 2.39. The first-order valence-electron chi connectivity index (χ1n) is 18.8. The van der Waals surface area contributed by atoms with E-state index in [9.17, 15) is 19.5 Å². The second-order valence-corrected chi connectivity index (χ2v) is 14.5. The molecule has 4 aromatic rings. The largest absolute Gasteiger partial charge is 0.508 e. The van der Waals surface area contributed by atoms with Crippen molar-refractivity contribution in [1.29, 1.82) is 0 Å². The zero-order chi connectivity index (χ0) is 36.3. The van der Waals surface area contributed by atoms with Gasteiger partial charge in [0.2, 0.25) is 11.8 Å². The molecule has 3 atom stereocenters. The summed E-state index contributed by atoms with van der Waals surface area (Å²) in [6, 6.07) is 30.1. The number of aromatic hydroxyl groups is 1. The predicted molar refractivity (Wildman–Crippen MR) is 203 cm³/mol. The van der Waals surface area contributed by atoms with Crippen LogP contribution in [-0.2, 0) is 16.1 Å². The molecule has 4 aromatic carbocycles. The molecule has 4 aliphatic rings. The quantitative estimate of drug-likeness (QED) is 0.136. The summed E-state index contributed by atoms with van der Waals surface area (Å²) in [6.07, 6.45) is 3.54. The first-order valence-corrected chi connectivity index (χ1v) is 18.8. The Morgan fingerprint density at radius 1 is 0.849 bits per heavy atom. The van der Waals surface area contributed by atoms with Gasteiger partial charge in [0.15, 0.2) is 0 Å². The van der Waals surface area contributed by atoms with Gasteiger partial charge in [-0.3, -0.25) is 24.6 Å². The number of amides is 3. The third-order valence-corrected chi connectivity index (χ3v) is 11.2. The standard InChI is InChI=1S/C44H44N4O5/c49-35-16-18-37-40(27-35)53-29-38(31-9-5-3-6-10-31)42(37)32-12-14-34(15-13-32)47-24-22-46(23-25-47)21-7-2-1-4-8-30-11-17-36-33(26-30)28-48(44(36)52)39-19-20-41(50)45-43(39)51/h3,5-6,9-18,26-27,38-39,42,49H,1-2,7,19-25,28-29H2,(H,45,50,51). The number of carbonyl (C=O) groups excluding carboxylic acids is 3. The van der Waals surface area contributed by atoms with Crippen molar-refractivity contribution in [3.8, 4) is 23.3 Å². The van der Waals surface area contributed by atoms with Crippen molar-refractivity contribution in [3.05, 3.63) is 124 Å². The fraction of sp³-hybridized carbons (Fsp3) is 0.341. The molecule has 0 radical (unpaired) electrons. The van der Waals surface area contributed by atoms with Crippen LogP contribution in [0.15, 0.2) is 91.0 Å². The van der Waals surface area contributed by atoms with Crippen LogP contribution < -0.4 is 15.0 Å². The molecule has 4 heterocycles. The summed E-state index contributed by atoms with van der Waals surface area (Å²) < 4.78 is 6.15. The lowest BCUT2D eigenvalue weighted by Gasteiger charge is -2.37. The Hall–Kier alpha value is -5.59. The van der Waals surface area contributed by atoms with E-state index in [0.717, 1.165) is 74.4 Å². The summed E-state index contributed by atoms with van der Waals surface area (Å²) in [7, 11) is 0. The number of imide groups is 1. The number of unbranched alkanes of at least 4 members (excludes halogenated alkanes) is 2. The molecule has 270 valence electrons. The molecule has 0 spiro atoms. The van der Waals surface area contributed by atoms with Crippen LogP contribution in [0.25, 0.3) is 0 Å². The van der Waals surface area contributed by atoms with Crippen LogP contribution >= 0.6 is 0 Å². The SMILES string of the molecule is O=C1CCC(N2Cc3cc(C#CCCCCN4CCN(c5ccc(C6c7ccc(O)cc7OCC6c6ccccc6)cc5)CC4)ccc3C2=O)C(=O)N1. The number of anilines is 1. The van der Waals surface area contributed by atoms with Crippen molar-refractivity contribution in [1.82, 2.24) is 15.1 Å². The highest BCUT2D eigenvalue weighted by Crippen LogP contribution is 2.47. The average molecular weight is 709 g/mol. The van der Waals surface area contributed by atoms with Gasteiger partial charge in [0.25, 0.3) is 5.91 Å². The Bertz CT molecular complexity index is 2060. The van der Waals surface area contributed by atoms with Crippen molar-refractivity contribution in [2.75, 3.05) is 44.2 Å². The lowest BCUT2D eigenvalue weighted by Crippen LogP contribution is -2.52. The van der Waals surface area contributed by atoms with Gasteiger partial charge in [-0.05, 0) is 78.9 Å². The third kappa shape index (κ3) is 7.37. The number of phenols is 1. The molecule has 2 fully saturated rings. The van der Waals surface area contributed by atoms with Gasteiger partial charge >= 0.3 is 0 Å². The summed E-state index contributed by atoms with van der Waals surface area (Å²) in [4.78, 5) is 43.4. The number of carbonyl (C=O) groups is 3. The molecule has 3 unspecified atom stereocenters. The normalized spacial score (nSPS) is 21.3. The number of nitrogens with one attached hydrogen (secondary N) is 1. The lowest BCUT2D eigenvalue weighted by molar-refractivity contribution is -0.136. The number of hydrogen-bond donors (Lipinski definition) is 2. The molecule has 8 rings (SSSR count). The van der Waals surface area contributed by atoms with Crippen LogP contribution in [-0.4, -0.2) is 78.0 Å². The Kier molecular flexibility index (Phi) is 9.88. The van der Waals surface area contributed by atoms with Gasteiger partial charge in [-0.15, -0.1) is 0 Å².